The van der Waals surface area contributed by atoms with Crippen LogP contribution in [0.3, 0.4) is 0 Å². The van der Waals surface area contributed by atoms with Crippen molar-refractivity contribution >= 4 is 17.6 Å². The Labute approximate surface area is 109 Å². The summed E-state index contributed by atoms with van der Waals surface area (Å²) in [5.41, 5.74) is 8.34. The molecular weight excluding hydrogens is 222 g/mol. The Morgan fingerprint density at radius 3 is 2.67 bits per heavy atom. The van der Waals surface area contributed by atoms with Crippen molar-refractivity contribution in [3.05, 3.63) is 23.8 Å². The van der Waals surface area contributed by atoms with Gasteiger partial charge in [0.15, 0.2) is 0 Å². The summed E-state index contributed by atoms with van der Waals surface area (Å²) in [5, 5.41) is 10.9. The average molecular weight is 245 g/mol. The first-order valence-corrected chi connectivity index (χ1v) is 6.89. The third-order valence-corrected chi connectivity index (χ3v) is 4.04. The Morgan fingerprint density at radius 2 is 2.06 bits per heavy atom. The van der Waals surface area contributed by atoms with Crippen LogP contribution in [-0.2, 0) is 0 Å². The molecule has 3 heteroatoms. The Bertz CT molecular complexity index is 406. The second kappa shape index (κ2) is 5.89. The van der Waals surface area contributed by atoms with E-state index in [4.69, 9.17) is 11.1 Å². The van der Waals surface area contributed by atoms with Crippen molar-refractivity contribution in [1.82, 2.24) is 0 Å². The Kier molecular flexibility index (Phi) is 4.24. The van der Waals surface area contributed by atoms with Crippen molar-refractivity contribution in [2.24, 2.45) is 5.92 Å². The zero-order valence-electron chi connectivity index (χ0n) is 11.1. The molecule has 1 saturated carbocycles. The third kappa shape index (κ3) is 3.03. The predicted molar refractivity (Wildman–Crippen MR) is 78.4 cm³/mol. The zero-order valence-corrected chi connectivity index (χ0v) is 11.1. The van der Waals surface area contributed by atoms with Gasteiger partial charge >= 0.3 is 0 Å². The number of hydrogen-bond donors (Lipinski definition) is 3. The summed E-state index contributed by atoms with van der Waals surface area (Å²) in [4.78, 5) is 0. The van der Waals surface area contributed by atoms with Crippen LogP contribution in [0.1, 0.15) is 44.6 Å². The molecule has 0 aliphatic heterocycles. The van der Waals surface area contributed by atoms with Crippen LogP contribution in [0.4, 0.5) is 11.4 Å². The maximum atomic E-state index is 7.32. The molecule has 1 aromatic carbocycles. The molecule has 3 nitrogen and oxygen atoms in total. The second-order valence-corrected chi connectivity index (χ2v) is 5.26. The van der Waals surface area contributed by atoms with E-state index in [1.165, 1.54) is 38.3 Å². The van der Waals surface area contributed by atoms with Gasteiger partial charge < -0.3 is 16.5 Å². The minimum absolute atomic E-state index is 0.579. The lowest BCUT2D eigenvalue weighted by atomic mass is 9.84. The van der Waals surface area contributed by atoms with Crippen LogP contribution in [0.5, 0.6) is 0 Å². The Hall–Kier alpha value is -1.51. The molecule has 0 radical (unpaired) electrons. The molecular formula is C15H23N3. The van der Waals surface area contributed by atoms with Crippen molar-refractivity contribution in [2.45, 2.75) is 45.1 Å². The van der Waals surface area contributed by atoms with E-state index in [9.17, 15) is 0 Å². The van der Waals surface area contributed by atoms with Crippen LogP contribution in [-0.4, -0.2) is 12.3 Å². The molecule has 4 N–H and O–H groups in total. The Balaban J connectivity index is 1.96. The summed E-state index contributed by atoms with van der Waals surface area (Å²) in [6, 6.07) is 6.43. The maximum absolute atomic E-state index is 7.32. The van der Waals surface area contributed by atoms with Gasteiger partial charge in [0.25, 0.3) is 0 Å². The Morgan fingerprint density at radius 1 is 1.33 bits per heavy atom. The van der Waals surface area contributed by atoms with Gasteiger partial charge in [-0.15, -0.1) is 0 Å². The highest BCUT2D eigenvalue weighted by Crippen LogP contribution is 2.28. The molecule has 1 aromatic rings. The topological polar surface area (TPSA) is 61.9 Å². The molecule has 18 heavy (non-hydrogen) atoms. The molecule has 0 heterocycles. The fourth-order valence-corrected chi connectivity index (χ4v) is 2.74. The minimum atomic E-state index is 0.579. The quantitative estimate of drug-likeness (QED) is 0.560. The smallest absolute Gasteiger partial charge is 0.0404 e. The summed E-state index contributed by atoms with van der Waals surface area (Å²) < 4.78 is 0. The predicted octanol–water partition coefficient (Wildman–Crippen LogP) is 3.65. The van der Waals surface area contributed by atoms with Gasteiger partial charge in [0.1, 0.15) is 0 Å². The summed E-state index contributed by atoms with van der Waals surface area (Å²) in [7, 11) is 0. The van der Waals surface area contributed by atoms with Gasteiger partial charge in [0.05, 0.1) is 0 Å². The van der Waals surface area contributed by atoms with Crippen molar-refractivity contribution < 1.29 is 0 Å². The lowest BCUT2D eigenvalue weighted by molar-refractivity contribution is 0.330. The number of nitrogens with one attached hydrogen (secondary N) is 2. The highest BCUT2D eigenvalue weighted by molar-refractivity contribution is 5.86. The van der Waals surface area contributed by atoms with E-state index in [1.54, 1.807) is 0 Å². The first kappa shape index (κ1) is 12.9. The van der Waals surface area contributed by atoms with Gasteiger partial charge in [-0.2, -0.15) is 0 Å². The summed E-state index contributed by atoms with van der Waals surface area (Å²) in [6.45, 7) is 2.29. The van der Waals surface area contributed by atoms with E-state index in [2.05, 4.69) is 12.2 Å². The zero-order chi connectivity index (χ0) is 13.0. The molecule has 0 spiro atoms. The number of anilines is 2. The molecule has 0 aromatic heterocycles. The molecule has 1 aliphatic carbocycles. The molecule has 1 aliphatic rings. The number of hydrogen-bond acceptors (Lipinski definition) is 3. The lowest BCUT2D eigenvalue weighted by Gasteiger charge is -2.29. The van der Waals surface area contributed by atoms with E-state index < -0.39 is 0 Å². The molecule has 0 atom stereocenters. The lowest BCUT2D eigenvalue weighted by Crippen LogP contribution is -2.25. The van der Waals surface area contributed by atoms with Gasteiger partial charge in [-0.25, -0.2) is 0 Å². The SMILES string of the molecule is CC[C@H]1CC[C@@H](Nc2ccc(N)c(C=N)c2)CC1. The number of nitrogens with two attached hydrogens (primary N) is 1. The number of rotatable bonds is 4. The van der Waals surface area contributed by atoms with Crippen LogP contribution >= 0.6 is 0 Å². The van der Waals surface area contributed by atoms with Gasteiger partial charge in [0.2, 0.25) is 0 Å². The third-order valence-electron chi connectivity index (χ3n) is 4.04. The molecule has 98 valence electrons. The van der Waals surface area contributed by atoms with E-state index in [0.29, 0.717) is 11.7 Å². The highest BCUT2D eigenvalue weighted by atomic mass is 14.9. The van der Waals surface area contributed by atoms with Crippen LogP contribution in [0.2, 0.25) is 0 Å². The van der Waals surface area contributed by atoms with Gasteiger partial charge in [-0.3, -0.25) is 0 Å². The normalized spacial score (nSPS) is 23.6. The van der Waals surface area contributed by atoms with Crippen LogP contribution in [0.15, 0.2) is 18.2 Å². The van der Waals surface area contributed by atoms with Crippen LogP contribution < -0.4 is 11.1 Å². The van der Waals surface area contributed by atoms with Crippen molar-refractivity contribution in [2.75, 3.05) is 11.1 Å². The van der Waals surface area contributed by atoms with Gasteiger partial charge in [0, 0.05) is 29.2 Å². The minimum Gasteiger partial charge on any atom is -0.398 e. The van der Waals surface area contributed by atoms with Crippen LogP contribution in [0.25, 0.3) is 0 Å². The summed E-state index contributed by atoms with van der Waals surface area (Å²) in [6.07, 6.45) is 7.80. The number of nitrogen functional groups attached to an aromatic ring is 1. The van der Waals surface area contributed by atoms with E-state index >= 15 is 0 Å². The van der Waals surface area contributed by atoms with E-state index in [0.717, 1.165) is 17.2 Å². The fraction of sp³-hybridized carbons (Fsp3) is 0.533. The molecule has 0 saturated heterocycles. The van der Waals surface area contributed by atoms with E-state index in [-0.39, 0.29) is 0 Å². The van der Waals surface area contributed by atoms with Crippen molar-refractivity contribution in [3.63, 3.8) is 0 Å². The van der Waals surface area contributed by atoms with E-state index in [1.807, 2.05) is 18.2 Å². The van der Waals surface area contributed by atoms with Gasteiger partial charge in [-0.1, -0.05) is 13.3 Å². The van der Waals surface area contributed by atoms with Crippen LogP contribution in [0, 0.1) is 11.3 Å². The molecule has 1 fully saturated rings. The largest absolute Gasteiger partial charge is 0.398 e. The standard InChI is InChI=1S/C15H23N3/c1-2-11-3-5-13(6-4-11)18-14-7-8-15(17)12(9-14)10-16/h7-11,13,16,18H,2-6,17H2,1H3/t11-,13+. The maximum Gasteiger partial charge on any atom is 0.0404 e. The first-order chi connectivity index (χ1) is 8.72. The van der Waals surface area contributed by atoms with Gasteiger partial charge in [-0.05, 0) is 49.8 Å². The van der Waals surface area contributed by atoms with Crippen molar-refractivity contribution in [1.29, 1.82) is 5.41 Å². The molecule has 0 unspecified atom stereocenters. The summed E-state index contributed by atoms with van der Waals surface area (Å²) >= 11 is 0. The van der Waals surface area contributed by atoms with Crippen molar-refractivity contribution in [3.8, 4) is 0 Å². The molecule has 0 amide bonds. The number of benzene rings is 1. The molecule has 2 rings (SSSR count). The monoisotopic (exact) mass is 245 g/mol. The summed E-state index contributed by atoms with van der Waals surface area (Å²) in [5.74, 6) is 0.923. The second-order valence-electron chi connectivity index (χ2n) is 5.26. The highest BCUT2D eigenvalue weighted by Gasteiger charge is 2.19. The molecule has 0 bridgehead atoms. The first-order valence-electron chi connectivity index (χ1n) is 6.89. The average Bonchev–Trinajstić information content (AvgIpc) is 2.42. The fourth-order valence-electron chi connectivity index (χ4n) is 2.74.